The number of anilines is 1. The van der Waals surface area contributed by atoms with E-state index in [1.165, 1.54) is 0 Å². The number of nitrogens with two attached hydrogens (primary N) is 1. The minimum atomic E-state index is -0.482. The number of alkyl carbamates (subject to hydrolysis) is 1. The molecule has 6 N–H and O–H groups in total. The van der Waals surface area contributed by atoms with Crippen LogP contribution in [0, 0.1) is 17.2 Å². The molecule has 0 unspecified atom stereocenters. The zero-order valence-corrected chi connectivity index (χ0v) is 19.0. The molecule has 1 aromatic heterocycles. The smallest absolute Gasteiger partial charge is 0.407 e. The molecule has 0 aromatic carbocycles. The van der Waals surface area contributed by atoms with Crippen molar-refractivity contribution in [3.63, 3.8) is 0 Å². The third-order valence-electron chi connectivity index (χ3n) is 5.66. The lowest BCUT2D eigenvalue weighted by atomic mass is 9.80. The Morgan fingerprint density at radius 2 is 2.06 bits per heavy atom. The molecule has 0 atom stereocenters. The number of nitrogens with zero attached hydrogens (tertiary/aromatic N) is 1. The quantitative estimate of drug-likeness (QED) is 0.385. The number of allylic oxidation sites excluding steroid dienone is 1. The van der Waals surface area contributed by atoms with Gasteiger partial charge in [0, 0.05) is 67.0 Å². The van der Waals surface area contributed by atoms with E-state index in [-0.39, 0.29) is 6.09 Å². The van der Waals surface area contributed by atoms with Crippen LogP contribution in [0.25, 0.3) is 5.57 Å². The first-order valence-electron chi connectivity index (χ1n) is 11.1. The number of pyridine rings is 1. The van der Waals surface area contributed by atoms with Crippen molar-refractivity contribution in [2.24, 2.45) is 17.6 Å². The summed E-state index contributed by atoms with van der Waals surface area (Å²) >= 11 is 0. The van der Waals surface area contributed by atoms with Gasteiger partial charge < -0.3 is 31.8 Å². The Kier molecular flexibility index (Phi) is 7.20. The second-order valence-corrected chi connectivity index (χ2v) is 9.51. The summed E-state index contributed by atoms with van der Waals surface area (Å²) in [5.74, 6) is 0.761. The van der Waals surface area contributed by atoms with Gasteiger partial charge in [0.1, 0.15) is 5.60 Å². The molecule has 0 aliphatic heterocycles. The first-order chi connectivity index (χ1) is 14.7. The summed E-state index contributed by atoms with van der Waals surface area (Å²) < 4.78 is 5.28. The van der Waals surface area contributed by atoms with E-state index in [2.05, 4.69) is 20.9 Å². The lowest BCUT2D eigenvalue weighted by Gasteiger charge is -2.36. The Morgan fingerprint density at radius 3 is 2.65 bits per heavy atom. The van der Waals surface area contributed by atoms with Crippen LogP contribution < -0.4 is 21.7 Å². The van der Waals surface area contributed by atoms with Crippen LogP contribution in [0.15, 0.2) is 18.5 Å². The van der Waals surface area contributed by atoms with Gasteiger partial charge >= 0.3 is 6.09 Å². The van der Waals surface area contributed by atoms with Crippen LogP contribution in [0.4, 0.5) is 10.5 Å². The van der Waals surface area contributed by atoms with Crippen molar-refractivity contribution in [3.05, 3.63) is 29.7 Å². The van der Waals surface area contributed by atoms with Crippen molar-refractivity contribution in [2.45, 2.75) is 64.6 Å². The van der Waals surface area contributed by atoms with Crippen LogP contribution in [0.5, 0.6) is 0 Å². The maximum atomic E-state index is 11.8. The van der Waals surface area contributed by atoms with Crippen LogP contribution in [0.3, 0.4) is 0 Å². The first kappa shape index (κ1) is 23.1. The Hall–Kier alpha value is -2.61. The van der Waals surface area contributed by atoms with Crippen molar-refractivity contribution in [3.8, 4) is 0 Å². The first-order valence-corrected chi connectivity index (χ1v) is 11.1. The van der Waals surface area contributed by atoms with Gasteiger partial charge in [-0.2, -0.15) is 0 Å². The zero-order valence-electron chi connectivity index (χ0n) is 19.0. The van der Waals surface area contributed by atoms with Crippen molar-refractivity contribution in [1.82, 2.24) is 15.6 Å². The highest BCUT2D eigenvalue weighted by Gasteiger charge is 2.32. The van der Waals surface area contributed by atoms with Crippen LogP contribution in [0.1, 0.15) is 57.7 Å². The molecule has 1 amide bonds. The molecule has 8 nitrogen and oxygen atoms in total. The number of carbonyl (C=O) groups excluding carboxylic acids is 1. The highest BCUT2D eigenvalue weighted by molar-refractivity contribution is 6.23. The Labute approximate surface area is 184 Å². The fraction of sp³-hybridized carbons (Fsp3) is 0.609. The maximum absolute atomic E-state index is 11.8. The molecule has 2 aliphatic rings. The summed E-state index contributed by atoms with van der Waals surface area (Å²) in [5.41, 5.74) is 9.49. The predicted octanol–water partition coefficient (Wildman–Crippen LogP) is 3.25. The summed E-state index contributed by atoms with van der Waals surface area (Å²) in [6.07, 6.45) is 7.45. The van der Waals surface area contributed by atoms with Crippen LogP contribution in [-0.4, -0.2) is 42.0 Å². The van der Waals surface area contributed by atoms with E-state index in [9.17, 15) is 4.79 Å². The van der Waals surface area contributed by atoms with Gasteiger partial charge in [-0.05, 0) is 58.4 Å². The van der Waals surface area contributed by atoms with E-state index < -0.39 is 5.60 Å². The monoisotopic (exact) mass is 428 g/mol. The number of carbonyl (C=O) groups is 1. The summed E-state index contributed by atoms with van der Waals surface area (Å²) in [5, 5.41) is 18.1. The van der Waals surface area contributed by atoms with E-state index in [1.807, 2.05) is 40.1 Å². The third kappa shape index (κ3) is 6.43. The van der Waals surface area contributed by atoms with E-state index in [4.69, 9.17) is 15.9 Å². The molecule has 0 radical (unpaired) electrons. The van der Waals surface area contributed by atoms with Crippen LogP contribution in [-0.2, 0) is 11.3 Å². The van der Waals surface area contributed by atoms with Crippen LogP contribution >= 0.6 is 0 Å². The van der Waals surface area contributed by atoms with Crippen molar-refractivity contribution in [1.29, 1.82) is 5.41 Å². The molecular formula is C23H36N6O2. The SMILES string of the molecule is CNc1cc(/C(=C/NC2CC(CNC(=O)OC(C)(C)C)C2)C(=N)C2CC2)ncc1CN. The molecule has 2 aliphatic carbocycles. The molecule has 1 aromatic rings. The van der Waals surface area contributed by atoms with E-state index in [0.29, 0.717) is 36.7 Å². The number of ether oxygens (including phenoxy) is 1. The zero-order chi connectivity index (χ0) is 22.6. The largest absolute Gasteiger partial charge is 0.444 e. The number of nitrogens with one attached hydrogen (secondary N) is 4. The average Bonchev–Trinajstić information content (AvgIpc) is 3.52. The normalized spacial score (nSPS) is 21.1. The molecule has 1 heterocycles. The molecule has 2 fully saturated rings. The molecule has 0 saturated heterocycles. The summed E-state index contributed by atoms with van der Waals surface area (Å²) in [4.78, 5) is 16.4. The Morgan fingerprint density at radius 1 is 1.35 bits per heavy atom. The number of amides is 1. The van der Waals surface area contributed by atoms with Crippen molar-refractivity contribution in [2.75, 3.05) is 18.9 Å². The van der Waals surface area contributed by atoms with Crippen molar-refractivity contribution < 1.29 is 9.53 Å². The van der Waals surface area contributed by atoms with Gasteiger partial charge in [0.25, 0.3) is 0 Å². The molecule has 170 valence electrons. The fourth-order valence-electron chi connectivity index (χ4n) is 3.69. The fourth-order valence-corrected chi connectivity index (χ4v) is 3.69. The maximum Gasteiger partial charge on any atom is 0.407 e. The van der Waals surface area contributed by atoms with Gasteiger partial charge in [-0.15, -0.1) is 0 Å². The molecule has 0 bridgehead atoms. The Bertz CT molecular complexity index is 835. The molecule has 3 rings (SSSR count). The molecule has 2 saturated carbocycles. The Balaban J connectivity index is 1.57. The lowest BCUT2D eigenvalue weighted by molar-refractivity contribution is 0.0505. The molecule has 0 spiro atoms. The number of hydrogen-bond acceptors (Lipinski definition) is 7. The predicted molar refractivity (Wildman–Crippen MR) is 124 cm³/mol. The van der Waals surface area contributed by atoms with Gasteiger partial charge in [-0.1, -0.05) is 0 Å². The van der Waals surface area contributed by atoms with Gasteiger partial charge in [-0.25, -0.2) is 4.79 Å². The standard InChI is InChI=1S/C23H36N6O2/c1-23(2,3)31-22(30)29-11-14-7-17(8-14)27-13-18(21(25)15-5-6-15)20-9-19(26-4)16(10-24)12-28-20/h9,12-15,17,25,27H,5-8,10-11,24H2,1-4H3,(H,26,28)(H,29,30)/b18-13-,25-21?. The molecular weight excluding hydrogens is 392 g/mol. The van der Waals surface area contributed by atoms with Crippen molar-refractivity contribution >= 4 is 23.1 Å². The summed E-state index contributed by atoms with van der Waals surface area (Å²) in [6, 6.07) is 2.31. The average molecular weight is 429 g/mol. The van der Waals surface area contributed by atoms with Gasteiger partial charge in [0.15, 0.2) is 0 Å². The summed E-state index contributed by atoms with van der Waals surface area (Å²) in [6.45, 7) is 6.61. The number of aromatic nitrogens is 1. The van der Waals surface area contributed by atoms with E-state index >= 15 is 0 Å². The van der Waals surface area contributed by atoms with E-state index in [1.54, 1.807) is 6.20 Å². The molecule has 31 heavy (non-hydrogen) atoms. The molecule has 8 heteroatoms. The minimum Gasteiger partial charge on any atom is -0.444 e. The second kappa shape index (κ2) is 9.68. The van der Waals surface area contributed by atoms with Gasteiger partial charge in [-0.3, -0.25) is 4.98 Å². The lowest BCUT2D eigenvalue weighted by Crippen LogP contribution is -2.45. The summed E-state index contributed by atoms with van der Waals surface area (Å²) in [7, 11) is 1.87. The number of hydrogen-bond donors (Lipinski definition) is 5. The van der Waals surface area contributed by atoms with Gasteiger partial charge in [0.05, 0.1) is 5.69 Å². The second-order valence-electron chi connectivity index (χ2n) is 9.51. The highest BCUT2D eigenvalue weighted by atomic mass is 16.6. The topological polar surface area (TPSA) is 125 Å². The van der Waals surface area contributed by atoms with Crippen LogP contribution in [0.2, 0.25) is 0 Å². The highest BCUT2D eigenvalue weighted by Crippen LogP contribution is 2.36. The van der Waals surface area contributed by atoms with E-state index in [0.717, 1.165) is 48.2 Å². The van der Waals surface area contributed by atoms with Gasteiger partial charge in [0.2, 0.25) is 0 Å². The third-order valence-corrected chi connectivity index (χ3v) is 5.66. The minimum absolute atomic E-state index is 0.328. The number of rotatable bonds is 9.